The van der Waals surface area contributed by atoms with Crippen molar-refractivity contribution in [2.75, 3.05) is 0 Å². The van der Waals surface area contributed by atoms with Crippen LogP contribution in [0.3, 0.4) is 0 Å². The van der Waals surface area contributed by atoms with Crippen molar-refractivity contribution < 1.29 is 0 Å². The lowest BCUT2D eigenvalue weighted by atomic mass is 9.99. The molecule has 0 N–H and O–H groups in total. The van der Waals surface area contributed by atoms with Crippen LogP contribution in [0.25, 0.3) is 111 Å². The summed E-state index contributed by atoms with van der Waals surface area (Å²) in [5, 5.41) is 4.95. The van der Waals surface area contributed by atoms with Crippen molar-refractivity contribution >= 4 is 43.6 Å². The van der Waals surface area contributed by atoms with Gasteiger partial charge >= 0.3 is 0 Å². The molecule has 0 aliphatic heterocycles. The van der Waals surface area contributed by atoms with Crippen LogP contribution < -0.4 is 0 Å². The summed E-state index contributed by atoms with van der Waals surface area (Å²) in [6, 6.07) is 88.3. The molecule has 290 valence electrons. The summed E-state index contributed by atoms with van der Waals surface area (Å²) in [6.45, 7) is 0. The van der Waals surface area contributed by atoms with Gasteiger partial charge in [-0.15, -0.1) is 0 Å². The van der Waals surface area contributed by atoms with Crippen molar-refractivity contribution in [2.45, 2.75) is 0 Å². The van der Waals surface area contributed by atoms with Crippen LogP contribution in [0.4, 0.5) is 0 Å². The summed E-state index contributed by atoms with van der Waals surface area (Å²) in [7, 11) is 0. The molecule has 2 heteroatoms. The van der Waals surface area contributed by atoms with Crippen molar-refractivity contribution in [3.63, 3.8) is 0 Å². The highest BCUT2D eigenvalue weighted by Crippen LogP contribution is 2.43. The number of benzene rings is 10. The molecule has 62 heavy (non-hydrogen) atoms. The van der Waals surface area contributed by atoms with Crippen LogP contribution in [0.15, 0.2) is 243 Å². The monoisotopic (exact) mass is 788 g/mol. The minimum absolute atomic E-state index is 1.15. The molecule has 12 rings (SSSR count). The number of nitrogens with zero attached hydrogens (tertiary/aromatic N) is 2. The average Bonchev–Trinajstić information content (AvgIpc) is 3.87. The van der Waals surface area contributed by atoms with Crippen LogP contribution in [0.5, 0.6) is 0 Å². The van der Waals surface area contributed by atoms with E-state index in [4.69, 9.17) is 0 Å². The minimum Gasteiger partial charge on any atom is -0.309 e. The zero-order valence-electron chi connectivity index (χ0n) is 34.0. The second kappa shape index (κ2) is 14.8. The van der Waals surface area contributed by atoms with E-state index in [9.17, 15) is 0 Å². The number of para-hydroxylation sites is 3. The fourth-order valence-corrected chi connectivity index (χ4v) is 9.60. The first kappa shape index (κ1) is 35.7. The van der Waals surface area contributed by atoms with Gasteiger partial charge in [0.2, 0.25) is 0 Å². The van der Waals surface area contributed by atoms with Crippen molar-refractivity contribution in [2.24, 2.45) is 0 Å². The predicted molar refractivity (Wildman–Crippen MR) is 262 cm³/mol. The van der Waals surface area contributed by atoms with Gasteiger partial charge in [-0.25, -0.2) is 0 Å². The third-order valence-corrected chi connectivity index (χ3v) is 12.6. The van der Waals surface area contributed by atoms with Crippen LogP contribution >= 0.6 is 0 Å². The molecule has 0 unspecified atom stereocenters. The smallest absolute Gasteiger partial charge is 0.0619 e. The SMILES string of the molecule is c1ccc(-c2ccc(-c3ccc(-n4c5ccccc5c5cc(-c6ccc7c(c6)c6cccc(-c8ccccc8)c6n7-c6ccccc6-c6ccccc6)ccc54)cc3)cc2)cc1. The zero-order valence-corrected chi connectivity index (χ0v) is 34.0. The molecular weight excluding hydrogens is 749 g/mol. The standard InChI is InChI=1S/C60H40N2/c1-4-15-41(16-5-1)42-27-29-43(30-28-42)44-31-35-49(36-32-44)61-57-26-13-11-22-52(57)54-39-47(33-37-58(54)61)48-34-38-59-55(40-48)53-24-14-23-51(46-19-8-3-9-20-46)60(53)62(59)56-25-12-10-21-50(56)45-17-6-2-7-18-45/h1-40H. The molecule has 0 saturated carbocycles. The Morgan fingerprint density at radius 2 is 0.645 bits per heavy atom. The van der Waals surface area contributed by atoms with E-state index in [2.05, 4.69) is 252 Å². The molecule has 0 aliphatic rings. The Bertz CT molecular complexity index is 3580. The van der Waals surface area contributed by atoms with Crippen LogP contribution in [-0.4, -0.2) is 9.13 Å². The highest BCUT2D eigenvalue weighted by molar-refractivity contribution is 6.16. The van der Waals surface area contributed by atoms with E-state index >= 15 is 0 Å². The molecule has 2 nitrogen and oxygen atoms in total. The van der Waals surface area contributed by atoms with Crippen LogP contribution in [0, 0.1) is 0 Å². The van der Waals surface area contributed by atoms with Gasteiger partial charge in [-0.2, -0.15) is 0 Å². The molecule has 0 saturated heterocycles. The summed E-state index contributed by atoms with van der Waals surface area (Å²) < 4.78 is 4.89. The lowest BCUT2D eigenvalue weighted by Gasteiger charge is -2.16. The maximum atomic E-state index is 2.49. The van der Waals surface area contributed by atoms with Gasteiger partial charge < -0.3 is 9.13 Å². The van der Waals surface area contributed by atoms with Gasteiger partial charge in [0.15, 0.2) is 0 Å². The zero-order chi connectivity index (χ0) is 41.0. The van der Waals surface area contributed by atoms with Crippen molar-refractivity contribution in [1.29, 1.82) is 0 Å². The third-order valence-electron chi connectivity index (χ3n) is 12.6. The van der Waals surface area contributed by atoms with Gasteiger partial charge in [-0.1, -0.05) is 194 Å². The van der Waals surface area contributed by atoms with E-state index in [1.54, 1.807) is 0 Å². The Hall–Kier alpha value is -8.20. The maximum Gasteiger partial charge on any atom is 0.0619 e. The highest BCUT2D eigenvalue weighted by atomic mass is 15.0. The van der Waals surface area contributed by atoms with Gasteiger partial charge in [0, 0.05) is 38.4 Å². The molecule has 12 aromatic rings. The quantitative estimate of drug-likeness (QED) is 0.152. The normalized spacial score (nSPS) is 11.5. The number of hydrogen-bond acceptors (Lipinski definition) is 0. The summed E-state index contributed by atoms with van der Waals surface area (Å²) in [6.07, 6.45) is 0. The molecule has 0 aliphatic carbocycles. The van der Waals surface area contributed by atoms with E-state index in [0.717, 1.165) is 11.4 Å². The molecule has 2 heterocycles. The summed E-state index contributed by atoms with van der Waals surface area (Å²) >= 11 is 0. The lowest BCUT2D eigenvalue weighted by molar-refractivity contribution is 1.18. The second-order valence-electron chi connectivity index (χ2n) is 16.1. The van der Waals surface area contributed by atoms with E-state index in [0.29, 0.717) is 0 Å². The van der Waals surface area contributed by atoms with Crippen LogP contribution in [-0.2, 0) is 0 Å². The number of fused-ring (bicyclic) bond motifs is 6. The highest BCUT2D eigenvalue weighted by Gasteiger charge is 2.20. The molecule has 0 atom stereocenters. The number of rotatable bonds is 7. The molecule has 0 bridgehead atoms. The van der Waals surface area contributed by atoms with Crippen LogP contribution in [0.2, 0.25) is 0 Å². The Morgan fingerprint density at radius 3 is 1.29 bits per heavy atom. The molecule has 10 aromatic carbocycles. The first-order valence-electron chi connectivity index (χ1n) is 21.3. The van der Waals surface area contributed by atoms with E-state index < -0.39 is 0 Å². The number of aromatic nitrogens is 2. The fourth-order valence-electron chi connectivity index (χ4n) is 9.60. The maximum absolute atomic E-state index is 2.49. The Labute approximate surface area is 360 Å². The first-order valence-corrected chi connectivity index (χ1v) is 21.3. The van der Waals surface area contributed by atoms with Crippen molar-refractivity contribution in [3.8, 4) is 67.0 Å². The summed E-state index contributed by atoms with van der Waals surface area (Å²) in [5.41, 5.74) is 19.2. The second-order valence-corrected chi connectivity index (χ2v) is 16.1. The first-order chi connectivity index (χ1) is 30.8. The van der Waals surface area contributed by atoms with Gasteiger partial charge in [0.1, 0.15) is 0 Å². The predicted octanol–water partition coefficient (Wildman–Crippen LogP) is 16.2. The van der Waals surface area contributed by atoms with Crippen molar-refractivity contribution in [3.05, 3.63) is 243 Å². The van der Waals surface area contributed by atoms with Gasteiger partial charge in [-0.3, -0.25) is 0 Å². The lowest BCUT2D eigenvalue weighted by Crippen LogP contribution is -1.98. The largest absolute Gasteiger partial charge is 0.309 e. The molecule has 0 fully saturated rings. The molecule has 0 radical (unpaired) electrons. The Morgan fingerprint density at radius 1 is 0.226 bits per heavy atom. The Balaban J connectivity index is 0.981. The third kappa shape index (κ3) is 5.96. The van der Waals surface area contributed by atoms with Crippen LogP contribution in [0.1, 0.15) is 0 Å². The summed E-state index contributed by atoms with van der Waals surface area (Å²) in [5.74, 6) is 0. The molecule has 0 spiro atoms. The Kier molecular flexibility index (Phi) is 8.53. The molecule has 2 aromatic heterocycles. The molecular formula is C60H40N2. The summed E-state index contributed by atoms with van der Waals surface area (Å²) in [4.78, 5) is 0. The van der Waals surface area contributed by atoms with Gasteiger partial charge in [-0.05, 0) is 93.0 Å². The van der Waals surface area contributed by atoms with E-state index in [-0.39, 0.29) is 0 Å². The van der Waals surface area contributed by atoms with E-state index in [1.807, 2.05) is 0 Å². The van der Waals surface area contributed by atoms with Crippen molar-refractivity contribution in [1.82, 2.24) is 9.13 Å². The minimum atomic E-state index is 1.15. The topological polar surface area (TPSA) is 9.86 Å². The fraction of sp³-hybridized carbons (Fsp3) is 0. The van der Waals surface area contributed by atoms with Gasteiger partial charge in [0.25, 0.3) is 0 Å². The average molecular weight is 789 g/mol. The van der Waals surface area contributed by atoms with E-state index in [1.165, 1.54) is 99.2 Å². The molecule has 0 amide bonds. The van der Waals surface area contributed by atoms with Gasteiger partial charge in [0.05, 0.1) is 27.8 Å². The number of hydrogen-bond donors (Lipinski definition) is 0.